The number of nitrogens with one attached hydrogen (secondary N) is 1. The molecular formula is C10H12N2O2. The van der Waals surface area contributed by atoms with Crippen molar-refractivity contribution in [2.75, 3.05) is 20.3 Å². The molecule has 0 aliphatic carbocycles. The molecule has 14 heavy (non-hydrogen) atoms. The van der Waals surface area contributed by atoms with Crippen LogP contribution < -0.4 is 4.74 Å². The van der Waals surface area contributed by atoms with Gasteiger partial charge in [0, 0.05) is 7.11 Å². The van der Waals surface area contributed by atoms with Crippen molar-refractivity contribution in [1.29, 1.82) is 0 Å². The maximum Gasteiger partial charge on any atom is 0.147 e. The first-order valence-electron chi connectivity index (χ1n) is 4.45. The highest BCUT2D eigenvalue weighted by Gasteiger charge is 2.02. The van der Waals surface area contributed by atoms with Gasteiger partial charge in [-0.3, -0.25) is 0 Å². The second kappa shape index (κ2) is 4.11. The highest BCUT2D eigenvalue weighted by Crippen LogP contribution is 2.21. The van der Waals surface area contributed by atoms with Crippen LogP contribution in [-0.4, -0.2) is 30.3 Å². The van der Waals surface area contributed by atoms with E-state index in [-0.39, 0.29) is 0 Å². The highest BCUT2D eigenvalue weighted by atomic mass is 16.5. The van der Waals surface area contributed by atoms with E-state index < -0.39 is 0 Å². The van der Waals surface area contributed by atoms with Crippen molar-refractivity contribution in [3.05, 3.63) is 24.5 Å². The summed E-state index contributed by atoms with van der Waals surface area (Å²) >= 11 is 0. The minimum absolute atomic E-state index is 0.544. The first-order chi connectivity index (χ1) is 6.92. The van der Waals surface area contributed by atoms with E-state index in [0.29, 0.717) is 13.2 Å². The second-order valence-corrected chi connectivity index (χ2v) is 2.90. The van der Waals surface area contributed by atoms with Crippen LogP contribution in [0.1, 0.15) is 0 Å². The van der Waals surface area contributed by atoms with E-state index in [0.717, 1.165) is 16.8 Å². The molecule has 0 radical (unpaired) electrons. The normalized spacial score (nSPS) is 10.6. The summed E-state index contributed by atoms with van der Waals surface area (Å²) in [6.07, 6.45) is 1.66. The summed E-state index contributed by atoms with van der Waals surface area (Å²) in [5.74, 6) is 0.792. The number of hydrogen-bond donors (Lipinski definition) is 1. The van der Waals surface area contributed by atoms with Gasteiger partial charge in [-0.25, -0.2) is 4.98 Å². The molecule has 1 heterocycles. The van der Waals surface area contributed by atoms with Gasteiger partial charge in [0.2, 0.25) is 0 Å². The fourth-order valence-electron chi connectivity index (χ4n) is 1.29. The Labute approximate surface area is 81.9 Å². The average Bonchev–Trinajstić information content (AvgIpc) is 2.67. The molecule has 1 aromatic heterocycles. The molecule has 0 amide bonds. The zero-order valence-electron chi connectivity index (χ0n) is 7.99. The SMILES string of the molecule is COCCOc1cccc2[nH]cnc12. The van der Waals surface area contributed by atoms with Gasteiger partial charge in [0.25, 0.3) is 0 Å². The Morgan fingerprint density at radius 2 is 2.29 bits per heavy atom. The zero-order valence-corrected chi connectivity index (χ0v) is 7.99. The molecule has 0 spiro atoms. The first-order valence-corrected chi connectivity index (χ1v) is 4.45. The highest BCUT2D eigenvalue weighted by molar-refractivity contribution is 5.80. The van der Waals surface area contributed by atoms with E-state index in [1.54, 1.807) is 13.4 Å². The van der Waals surface area contributed by atoms with Crippen molar-refractivity contribution in [1.82, 2.24) is 9.97 Å². The van der Waals surface area contributed by atoms with Crippen molar-refractivity contribution in [2.24, 2.45) is 0 Å². The Balaban J connectivity index is 2.19. The molecule has 0 bridgehead atoms. The summed E-state index contributed by atoms with van der Waals surface area (Å²) in [4.78, 5) is 7.20. The van der Waals surface area contributed by atoms with Crippen molar-refractivity contribution in [2.45, 2.75) is 0 Å². The summed E-state index contributed by atoms with van der Waals surface area (Å²) in [7, 11) is 1.65. The van der Waals surface area contributed by atoms with Gasteiger partial charge in [0.05, 0.1) is 18.5 Å². The van der Waals surface area contributed by atoms with Gasteiger partial charge in [0.15, 0.2) is 0 Å². The summed E-state index contributed by atoms with van der Waals surface area (Å²) < 4.78 is 10.4. The molecule has 2 rings (SSSR count). The molecule has 0 saturated carbocycles. The molecule has 0 atom stereocenters. The zero-order chi connectivity index (χ0) is 9.80. The lowest BCUT2D eigenvalue weighted by molar-refractivity contribution is 0.147. The average molecular weight is 192 g/mol. The van der Waals surface area contributed by atoms with E-state index in [1.807, 2.05) is 18.2 Å². The maximum absolute atomic E-state index is 5.51. The fraction of sp³-hybridized carbons (Fsp3) is 0.300. The molecule has 4 heteroatoms. The predicted octanol–water partition coefficient (Wildman–Crippen LogP) is 1.59. The third kappa shape index (κ3) is 1.70. The lowest BCUT2D eigenvalue weighted by atomic mass is 10.3. The van der Waals surface area contributed by atoms with Crippen LogP contribution in [0.4, 0.5) is 0 Å². The first kappa shape index (κ1) is 9.02. The standard InChI is InChI=1S/C10H12N2O2/c1-13-5-6-14-9-4-2-3-8-10(9)12-7-11-8/h2-4,7H,5-6H2,1H3,(H,11,12). The van der Waals surface area contributed by atoms with Crippen LogP contribution in [0, 0.1) is 0 Å². The third-order valence-corrected chi connectivity index (χ3v) is 1.96. The van der Waals surface area contributed by atoms with Crippen LogP contribution in [0.5, 0.6) is 5.75 Å². The summed E-state index contributed by atoms with van der Waals surface area (Å²) in [5, 5.41) is 0. The lowest BCUT2D eigenvalue weighted by Crippen LogP contribution is -2.04. The smallest absolute Gasteiger partial charge is 0.147 e. The molecule has 0 unspecified atom stereocenters. The van der Waals surface area contributed by atoms with E-state index >= 15 is 0 Å². The molecule has 0 aliphatic heterocycles. The van der Waals surface area contributed by atoms with Gasteiger partial charge in [-0.2, -0.15) is 0 Å². The number of aromatic amines is 1. The van der Waals surface area contributed by atoms with Crippen LogP contribution >= 0.6 is 0 Å². The monoisotopic (exact) mass is 192 g/mol. The number of benzene rings is 1. The molecule has 0 saturated heterocycles. The number of imidazole rings is 1. The molecule has 74 valence electrons. The summed E-state index contributed by atoms with van der Waals surface area (Å²) in [6.45, 7) is 1.13. The topological polar surface area (TPSA) is 47.1 Å². The number of methoxy groups -OCH3 is 1. The van der Waals surface area contributed by atoms with Crippen LogP contribution in [-0.2, 0) is 4.74 Å². The maximum atomic E-state index is 5.51. The molecular weight excluding hydrogens is 180 g/mol. The largest absolute Gasteiger partial charge is 0.489 e. The van der Waals surface area contributed by atoms with Crippen LogP contribution in [0.2, 0.25) is 0 Å². The van der Waals surface area contributed by atoms with Gasteiger partial charge < -0.3 is 14.5 Å². The Kier molecular flexibility index (Phi) is 2.65. The number of nitrogens with zero attached hydrogens (tertiary/aromatic N) is 1. The molecule has 1 N–H and O–H groups in total. The van der Waals surface area contributed by atoms with Gasteiger partial charge in [-0.15, -0.1) is 0 Å². The third-order valence-electron chi connectivity index (χ3n) is 1.96. The number of aromatic nitrogens is 2. The van der Waals surface area contributed by atoms with Crippen molar-refractivity contribution < 1.29 is 9.47 Å². The summed E-state index contributed by atoms with van der Waals surface area (Å²) in [5.41, 5.74) is 1.85. The summed E-state index contributed by atoms with van der Waals surface area (Å²) in [6, 6.07) is 5.80. The molecule has 0 aliphatic rings. The van der Waals surface area contributed by atoms with Crippen LogP contribution in [0.25, 0.3) is 11.0 Å². The van der Waals surface area contributed by atoms with E-state index in [4.69, 9.17) is 9.47 Å². The molecule has 4 nitrogen and oxygen atoms in total. The molecule has 1 aromatic carbocycles. The van der Waals surface area contributed by atoms with Crippen molar-refractivity contribution in [3.8, 4) is 5.75 Å². The fourth-order valence-corrected chi connectivity index (χ4v) is 1.29. The molecule has 0 fully saturated rings. The minimum atomic E-state index is 0.544. The number of fused-ring (bicyclic) bond motifs is 1. The van der Waals surface area contributed by atoms with Gasteiger partial charge in [-0.05, 0) is 12.1 Å². The number of H-pyrrole nitrogens is 1. The quantitative estimate of drug-likeness (QED) is 0.748. The van der Waals surface area contributed by atoms with E-state index in [2.05, 4.69) is 9.97 Å². The Morgan fingerprint density at radius 1 is 1.36 bits per heavy atom. The van der Waals surface area contributed by atoms with E-state index in [9.17, 15) is 0 Å². The number of ether oxygens (including phenoxy) is 2. The number of para-hydroxylation sites is 1. The van der Waals surface area contributed by atoms with Gasteiger partial charge in [-0.1, -0.05) is 6.07 Å². The number of hydrogen-bond acceptors (Lipinski definition) is 3. The van der Waals surface area contributed by atoms with Crippen LogP contribution in [0.3, 0.4) is 0 Å². The Hall–Kier alpha value is -1.55. The number of rotatable bonds is 4. The van der Waals surface area contributed by atoms with Crippen molar-refractivity contribution in [3.63, 3.8) is 0 Å². The molecule has 2 aromatic rings. The van der Waals surface area contributed by atoms with Crippen molar-refractivity contribution >= 4 is 11.0 Å². The lowest BCUT2D eigenvalue weighted by Gasteiger charge is -2.05. The van der Waals surface area contributed by atoms with E-state index in [1.165, 1.54) is 0 Å². The van der Waals surface area contributed by atoms with Gasteiger partial charge in [0.1, 0.15) is 17.9 Å². The second-order valence-electron chi connectivity index (χ2n) is 2.90. The minimum Gasteiger partial charge on any atom is -0.489 e. The Bertz CT molecular complexity index is 411. The predicted molar refractivity (Wildman–Crippen MR) is 53.5 cm³/mol. The van der Waals surface area contributed by atoms with Gasteiger partial charge >= 0.3 is 0 Å². The van der Waals surface area contributed by atoms with Crippen LogP contribution in [0.15, 0.2) is 24.5 Å². The Morgan fingerprint density at radius 3 is 3.14 bits per heavy atom.